The lowest BCUT2D eigenvalue weighted by Crippen LogP contribution is -2.25. The molecule has 0 atom stereocenters. The Labute approximate surface area is 122 Å². The summed E-state index contributed by atoms with van der Waals surface area (Å²) in [5.74, 6) is 0.388. The second-order valence-electron chi connectivity index (χ2n) is 4.24. The van der Waals surface area contributed by atoms with Crippen LogP contribution < -0.4 is 10.2 Å². The van der Waals surface area contributed by atoms with E-state index in [2.05, 4.69) is 10.5 Å². The average molecular weight is 288 g/mol. The second-order valence-corrected chi connectivity index (χ2v) is 5.53. The van der Waals surface area contributed by atoms with Gasteiger partial charge in [0.2, 0.25) is 0 Å². The van der Waals surface area contributed by atoms with Crippen LogP contribution in [0.2, 0.25) is 0 Å². The third kappa shape index (κ3) is 4.20. The minimum atomic E-state index is -0.276. The number of para-hydroxylation sites is 1. The van der Waals surface area contributed by atoms with Crippen LogP contribution in [0.5, 0.6) is 5.75 Å². The summed E-state index contributed by atoms with van der Waals surface area (Å²) >= 11 is 1.64. The molecule has 2 aromatic rings. The van der Waals surface area contributed by atoms with Gasteiger partial charge in [-0.3, -0.25) is 4.79 Å². The third-order valence-corrected chi connectivity index (χ3v) is 3.67. The van der Waals surface area contributed by atoms with Gasteiger partial charge in [-0.15, -0.1) is 11.3 Å². The van der Waals surface area contributed by atoms with Crippen LogP contribution in [0, 0.1) is 6.92 Å². The number of benzene rings is 1. The normalized spacial score (nSPS) is 11.2. The summed E-state index contributed by atoms with van der Waals surface area (Å²) in [5.41, 5.74) is 3.28. The van der Waals surface area contributed by atoms with E-state index in [9.17, 15) is 4.79 Å². The summed E-state index contributed by atoms with van der Waals surface area (Å²) in [6, 6.07) is 13.2. The zero-order valence-corrected chi connectivity index (χ0v) is 12.2. The average Bonchev–Trinajstić information content (AvgIpc) is 2.90. The van der Waals surface area contributed by atoms with Crippen LogP contribution in [-0.4, -0.2) is 18.2 Å². The van der Waals surface area contributed by atoms with Crippen LogP contribution in [0.3, 0.4) is 0 Å². The van der Waals surface area contributed by atoms with E-state index in [1.165, 1.54) is 4.88 Å². The molecule has 1 aromatic heterocycles. The van der Waals surface area contributed by atoms with E-state index in [4.69, 9.17) is 4.74 Å². The van der Waals surface area contributed by atoms with E-state index >= 15 is 0 Å². The second kappa shape index (κ2) is 6.86. The Bertz CT molecular complexity index is 605. The van der Waals surface area contributed by atoms with Gasteiger partial charge in [-0.05, 0) is 38.1 Å². The first-order chi connectivity index (χ1) is 9.65. The number of hydrogen-bond acceptors (Lipinski definition) is 4. The predicted molar refractivity (Wildman–Crippen MR) is 81.3 cm³/mol. The Balaban J connectivity index is 1.83. The number of hydrogen-bond donors (Lipinski definition) is 1. The Morgan fingerprint density at radius 2 is 2.00 bits per heavy atom. The molecular formula is C15H16N2O2S. The van der Waals surface area contributed by atoms with Gasteiger partial charge in [0.1, 0.15) is 5.75 Å². The third-order valence-electron chi connectivity index (χ3n) is 2.56. The highest BCUT2D eigenvalue weighted by atomic mass is 32.1. The number of carbonyl (C=O) groups is 1. The number of rotatable bonds is 5. The SMILES string of the molecule is C/C(=N\NC(=O)COc1ccccc1)c1ccc(C)s1. The molecule has 1 heterocycles. The number of aryl methyl sites for hydroxylation is 1. The highest BCUT2D eigenvalue weighted by Gasteiger charge is 2.04. The zero-order valence-electron chi connectivity index (χ0n) is 11.4. The number of carbonyl (C=O) groups excluding carboxylic acids is 1. The number of hydrazone groups is 1. The van der Waals surface area contributed by atoms with Crippen LogP contribution >= 0.6 is 11.3 Å². The molecule has 0 saturated carbocycles. The number of nitrogens with zero attached hydrogens (tertiary/aromatic N) is 1. The first-order valence-corrected chi connectivity index (χ1v) is 7.04. The maximum Gasteiger partial charge on any atom is 0.277 e. The summed E-state index contributed by atoms with van der Waals surface area (Å²) in [6.45, 7) is 3.85. The highest BCUT2D eigenvalue weighted by Crippen LogP contribution is 2.15. The van der Waals surface area contributed by atoms with Crippen molar-refractivity contribution >= 4 is 23.0 Å². The van der Waals surface area contributed by atoms with E-state index in [0.29, 0.717) is 5.75 Å². The smallest absolute Gasteiger partial charge is 0.277 e. The van der Waals surface area contributed by atoms with Crippen molar-refractivity contribution in [3.05, 3.63) is 52.2 Å². The molecule has 0 radical (unpaired) electrons. The molecule has 0 aliphatic rings. The molecule has 104 valence electrons. The van der Waals surface area contributed by atoms with Crippen molar-refractivity contribution in [3.63, 3.8) is 0 Å². The molecule has 5 heteroatoms. The van der Waals surface area contributed by atoms with E-state index in [-0.39, 0.29) is 12.5 Å². The zero-order chi connectivity index (χ0) is 14.4. The van der Waals surface area contributed by atoms with Gasteiger partial charge >= 0.3 is 0 Å². The Hall–Kier alpha value is -2.14. The summed E-state index contributed by atoms with van der Waals surface area (Å²) < 4.78 is 5.33. The predicted octanol–water partition coefficient (Wildman–Crippen LogP) is 2.98. The van der Waals surface area contributed by atoms with Crippen LogP contribution in [0.15, 0.2) is 47.6 Å². The summed E-state index contributed by atoms with van der Waals surface area (Å²) in [7, 11) is 0. The van der Waals surface area contributed by atoms with Crippen LogP contribution in [0.4, 0.5) is 0 Å². The lowest BCUT2D eigenvalue weighted by atomic mass is 10.3. The van der Waals surface area contributed by atoms with Gasteiger partial charge in [-0.1, -0.05) is 18.2 Å². The van der Waals surface area contributed by atoms with Crippen molar-refractivity contribution in [1.82, 2.24) is 5.43 Å². The minimum absolute atomic E-state index is 0.0513. The minimum Gasteiger partial charge on any atom is -0.484 e. The standard InChI is InChI=1S/C15H16N2O2S/c1-11-8-9-14(20-11)12(2)16-17-15(18)10-19-13-6-4-3-5-7-13/h3-9H,10H2,1-2H3,(H,17,18)/b16-12+. The first kappa shape index (κ1) is 14.3. The van der Waals surface area contributed by atoms with E-state index in [1.54, 1.807) is 23.5 Å². The van der Waals surface area contributed by atoms with E-state index in [1.807, 2.05) is 44.2 Å². The van der Waals surface area contributed by atoms with Gasteiger partial charge in [0.05, 0.1) is 10.6 Å². The van der Waals surface area contributed by atoms with E-state index in [0.717, 1.165) is 10.6 Å². The summed E-state index contributed by atoms with van der Waals surface area (Å²) in [5, 5.41) is 4.07. The van der Waals surface area contributed by atoms with Crippen LogP contribution in [0.25, 0.3) is 0 Å². The lowest BCUT2D eigenvalue weighted by molar-refractivity contribution is -0.123. The molecule has 4 nitrogen and oxygen atoms in total. The molecule has 1 amide bonds. The fourth-order valence-corrected chi connectivity index (χ4v) is 2.34. The number of amides is 1. The van der Waals surface area contributed by atoms with Crippen molar-refractivity contribution in [1.29, 1.82) is 0 Å². The molecule has 0 aliphatic carbocycles. The molecule has 0 unspecified atom stereocenters. The largest absolute Gasteiger partial charge is 0.484 e. The maximum absolute atomic E-state index is 11.6. The van der Waals surface area contributed by atoms with Crippen molar-refractivity contribution < 1.29 is 9.53 Å². The molecule has 1 aromatic carbocycles. The molecule has 0 aliphatic heterocycles. The quantitative estimate of drug-likeness (QED) is 0.679. The Morgan fingerprint density at radius 1 is 1.25 bits per heavy atom. The van der Waals surface area contributed by atoms with Gasteiger partial charge in [-0.2, -0.15) is 5.10 Å². The Kier molecular flexibility index (Phi) is 4.90. The van der Waals surface area contributed by atoms with Gasteiger partial charge in [-0.25, -0.2) is 5.43 Å². The van der Waals surface area contributed by atoms with Crippen molar-refractivity contribution in [2.45, 2.75) is 13.8 Å². The van der Waals surface area contributed by atoms with Gasteiger partial charge in [0.25, 0.3) is 5.91 Å². The number of nitrogens with one attached hydrogen (secondary N) is 1. The molecule has 0 fully saturated rings. The van der Waals surface area contributed by atoms with Crippen molar-refractivity contribution in [2.24, 2.45) is 5.10 Å². The van der Waals surface area contributed by atoms with Gasteiger partial charge in [0.15, 0.2) is 6.61 Å². The highest BCUT2D eigenvalue weighted by molar-refractivity contribution is 7.14. The topological polar surface area (TPSA) is 50.7 Å². The summed E-state index contributed by atoms with van der Waals surface area (Å²) in [4.78, 5) is 13.9. The fourth-order valence-electron chi connectivity index (χ4n) is 1.53. The van der Waals surface area contributed by atoms with Crippen LogP contribution in [0.1, 0.15) is 16.7 Å². The van der Waals surface area contributed by atoms with Crippen LogP contribution in [-0.2, 0) is 4.79 Å². The lowest BCUT2D eigenvalue weighted by Gasteiger charge is -2.04. The molecule has 20 heavy (non-hydrogen) atoms. The van der Waals surface area contributed by atoms with E-state index < -0.39 is 0 Å². The molecule has 0 bridgehead atoms. The Morgan fingerprint density at radius 3 is 2.65 bits per heavy atom. The molecule has 2 rings (SSSR count). The maximum atomic E-state index is 11.6. The van der Waals surface area contributed by atoms with Gasteiger partial charge < -0.3 is 4.74 Å². The van der Waals surface area contributed by atoms with Gasteiger partial charge in [0, 0.05) is 4.88 Å². The molecule has 1 N–H and O–H groups in total. The first-order valence-electron chi connectivity index (χ1n) is 6.23. The van der Waals surface area contributed by atoms with Crippen molar-refractivity contribution in [3.8, 4) is 5.75 Å². The molecule has 0 saturated heterocycles. The summed E-state index contributed by atoms with van der Waals surface area (Å²) in [6.07, 6.45) is 0. The number of ether oxygens (including phenoxy) is 1. The number of thiophene rings is 1. The van der Waals surface area contributed by atoms with Crippen molar-refractivity contribution in [2.75, 3.05) is 6.61 Å². The monoisotopic (exact) mass is 288 g/mol. The molecule has 0 spiro atoms. The fraction of sp³-hybridized carbons (Fsp3) is 0.200. The molecular weight excluding hydrogens is 272 g/mol.